The van der Waals surface area contributed by atoms with Crippen molar-refractivity contribution in [3.63, 3.8) is 0 Å². The predicted molar refractivity (Wildman–Crippen MR) is 97.6 cm³/mol. The molecule has 3 N–H and O–H groups in total. The highest BCUT2D eigenvalue weighted by Gasteiger charge is 2.37. The lowest BCUT2D eigenvalue weighted by Gasteiger charge is -2.23. The predicted octanol–water partition coefficient (Wildman–Crippen LogP) is 2.86. The van der Waals surface area contributed by atoms with Gasteiger partial charge >= 0.3 is 6.18 Å². The fraction of sp³-hybridized carbons (Fsp3) is 0.222. The van der Waals surface area contributed by atoms with Crippen molar-refractivity contribution in [2.75, 3.05) is 5.75 Å². The molecule has 0 aliphatic rings. The molecule has 2 aromatic carbocycles. The monoisotopic (exact) mass is 445 g/mol. The van der Waals surface area contributed by atoms with E-state index in [-0.39, 0.29) is 10.6 Å². The summed E-state index contributed by atoms with van der Waals surface area (Å²) in [5.74, 6) is 2.59. The summed E-state index contributed by atoms with van der Waals surface area (Å²) in [7, 11) is -4.18. The number of alkyl halides is 3. The number of halogens is 4. The van der Waals surface area contributed by atoms with Crippen LogP contribution in [-0.4, -0.2) is 30.8 Å². The Labute approximate surface area is 168 Å². The number of rotatable bonds is 5. The van der Waals surface area contributed by atoms with Gasteiger partial charge in [-0.25, -0.2) is 17.8 Å². The van der Waals surface area contributed by atoms with E-state index in [2.05, 4.69) is 9.83 Å². The maximum atomic E-state index is 13.1. The molecule has 2 rings (SSSR count). The second-order valence-electron chi connectivity index (χ2n) is 6.36. The maximum absolute atomic E-state index is 13.1. The summed E-state index contributed by atoms with van der Waals surface area (Å²) >= 11 is 0. The Hall–Kier alpha value is -3.01. The minimum atomic E-state index is -4.85. The Bertz CT molecular complexity index is 1110. The van der Waals surface area contributed by atoms with Gasteiger partial charge in [0.25, 0.3) is 0 Å². The summed E-state index contributed by atoms with van der Waals surface area (Å²) in [5, 5.41) is 19.4. The van der Waals surface area contributed by atoms with E-state index < -0.39 is 50.2 Å². The van der Waals surface area contributed by atoms with Crippen molar-refractivity contribution in [2.24, 2.45) is 10.9 Å². The highest BCUT2D eigenvalue weighted by molar-refractivity contribution is 7.91. The number of aliphatic imine (C=N–C) groups is 1. The smallest absolute Gasteiger partial charge is 0.393 e. The molecule has 1 atom stereocenters. The molecule has 0 saturated carbocycles. The second-order valence-corrected chi connectivity index (χ2v) is 8.35. The van der Waals surface area contributed by atoms with Crippen LogP contribution >= 0.6 is 0 Å². The van der Waals surface area contributed by atoms with Gasteiger partial charge in [0.05, 0.1) is 33.5 Å². The molecule has 0 spiro atoms. The number of nitrogens with two attached hydrogens (primary N) is 1. The standard InChI is InChI=1S/C18H15F4N3O4S/c1-17(26,10-30(27,28)14-6-3-12(19)4-7-14)16(29-24)25-13-5-2-11(9-23)15(8-13)18(20,21)22/h2-8,26H,10,24H2,1H3. The van der Waals surface area contributed by atoms with Crippen LogP contribution in [0.3, 0.4) is 0 Å². The zero-order valence-electron chi connectivity index (χ0n) is 15.3. The Morgan fingerprint density at radius 3 is 2.33 bits per heavy atom. The van der Waals surface area contributed by atoms with E-state index in [0.29, 0.717) is 6.07 Å². The lowest BCUT2D eigenvalue weighted by molar-refractivity contribution is -0.137. The van der Waals surface area contributed by atoms with Gasteiger partial charge in [0, 0.05) is 0 Å². The van der Waals surface area contributed by atoms with Gasteiger partial charge in [0.2, 0.25) is 5.90 Å². The van der Waals surface area contributed by atoms with Crippen molar-refractivity contribution in [2.45, 2.75) is 23.6 Å². The average Bonchev–Trinajstić information content (AvgIpc) is 2.64. The second kappa shape index (κ2) is 8.39. The van der Waals surface area contributed by atoms with Gasteiger partial charge in [-0.1, -0.05) is 0 Å². The summed E-state index contributed by atoms with van der Waals surface area (Å²) in [6.45, 7) is 0.980. The molecular formula is C18H15F4N3O4S. The molecule has 0 saturated heterocycles. The van der Waals surface area contributed by atoms with E-state index in [1.54, 1.807) is 0 Å². The van der Waals surface area contributed by atoms with Gasteiger partial charge in [0.1, 0.15) is 5.82 Å². The van der Waals surface area contributed by atoms with E-state index in [0.717, 1.165) is 43.3 Å². The molecule has 7 nitrogen and oxygen atoms in total. The van der Waals surface area contributed by atoms with Crippen LogP contribution in [0, 0.1) is 17.1 Å². The van der Waals surface area contributed by atoms with E-state index >= 15 is 0 Å². The third kappa shape index (κ3) is 5.32. The molecule has 0 aromatic heterocycles. The number of hydrogen-bond acceptors (Lipinski definition) is 7. The van der Waals surface area contributed by atoms with Crippen LogP contribution in [0.5, 0.6) is 0 Å². The molecule has 0 fully saturated rings. The van der Waals surface area contributed by atoms with E-state index in [9.17, 15) is 31.1 Å². The molecule has 0 radical (unpaired) electrons. The van der Waals surface area contributed by atoms with Crippen molar-refractivity contribution in [1.29, 1.82) is 5.26 Å². The Kier molecular flexibility index (Phi) is 6.51. The van der Waals surface area contributed by atoms with Crippen molar-refractivity contribution in [1.82, 2.24) is 0 Å². The van der Waals surface area contributed by atoms with Gasteiger partial charge in [-0.2, -0.15) is 24.3 Å². The van der Waals surface area contributed by atoms with Crippen molar-refractivity contribution >= 4 is 21.4 Å². The van der Waals surface area contributed by atoms with Crippen LogP contribution in [0.4, 0.5) is 23.2 Å². The van der Waals surface area contributed by atoms with Crippen LogP contribution in [0.2, 0.25) is 0 Å². The molecule has 12 heteroatoms. The minimum absolute atomic E-state index is 0.307. The first-order valence-corrected chi connectivity index (χ1v) is 9.73. The van der Waals surface area contributed by atoms with E-state index in [1.165, 1.54) is 6.07 Å². The number of nitriles is 1. The zero-order chi connectivity index (χ0) is 22.7. The van der Waals surface area contributed by atoms with Crippen LogP contribution < -0.4 is 5.90 Å². The molecule has 160 valence electrons. The lowest BCUT2D eigenvalue weighted by Crippen LogP contribution is -2.44. The van der Waals surface area contributed by atoms with Crippen LogP contribution in [0.1, 0.15) is 18.1 Å². The zero-order valence-corrected chi connectivity index (χ0v) is 16.1. The summed E-state index contributed by atoms with van der Waals surface area (Å²) in [6, 6.07) is 7.61. The SMILES string of the molecule is CC(O)(CS(=O)(=O)c1ccc(F)cc1)C(=Nc1ccc(C#N)c(C(F)(F)F)c1)ON. The highest BCUT2D eigenvalue weighted by Crippen LogP contribution is 2.34. The molecule has 30 heavy (non-hydrogen) atoms. The molecule has 0 amide bonds. The van der Waals surface area contributed by atoms with Crippen molar-refractivity contribution in [3.05, 3.63) is 59.4 Å². The third-order valence-corrected chi connectivity index (χ3v) is 5.81. The molecule has 1 unspecified atom stereocenters. The normalized spacial score (nSPS) is 14.7. The fourth-order valence-electron chi connectivity index (χ4n) is 2.48. The van der Waals surface area contributed by atoms with Crippen LogP contribution in [-0.2, 0) is 20.9 Å². The largest absolute Gasteiger partial charge is 0.417 e. The van der Waals surface area contributed by atoms with E-state index in [4.69, 9.17) is 11.2 Å². The maximum Gasteiger partial charge on any atom is 0.417 e. The molecule has 0 aliphatic heterocycles. The van der Waals surface area contributed by atoms with Crippen LogP contribution in [0.15, 0.2) is 52.4 Å². The summed E-state index contributed by atoms with van der Waals surface area (Å²) in [4.78, 5) is 7.80. The minimum Gasteiger partial charge on any atom is -0.393 e. The Morgan fingerprint density at radius 1 is 1.23 bits per heavy atom. The fourth-order valence-corrected chi connectivity index (χ4v) is 4.06. The third-order valence-electron chi connectivity index (χ3n) is 3.88. The van der Waals surface area contributed by atoms with E-state index in [1.807, 2.05) is 0 Å². The molecular weight excluding hydrogens is 430 g/mol. The number of benzene rings is 2. The quantitative estimate of drug-likeness (QED) is 0.240. The summed E-state index contributed by atoms with van der Waals surface area (Å²) in [5.41, 5.74) is -4.67. The average molecular weight is 445 g/mol. The van der Waals surface area contributed by atoms with Gasteiger partial charge < -0.3 is 9.94 Å². The van der Waals surface area contributed by atoms with Crippen molar-refractivity contribution < 1.29 is 35.9 Å². The first-order chi connectivity index (χ1) is 13.8. The molecule has 0 heterocycles. The molecule has 0 aliphatic carbocycles. The first kappa shape index (κ1) is 23.3. The highest BCUT2D eigenvalue weighted by atomic mass is 32.2. The number of sulfone groups is 1. The summed E-state index contributed by atoms with van der Waals surface area (Å²) in [6.07, 6.45) is -4.85. The molecule has 2 aromatic rings. The Morgan fingerprint density at radius 2 is 1.83 bits per heavy atom. The van der Waals surface area contributed by atoms with Gasteiger partial charge in [-0.05, 0) is 49.4 Å². The number of aliphatic hydroxyl groups is 1. The lowest BCUT2D eigenvalue weighted by atomic mass is 10.1. The Balaban J connectivity index is 2.44. The summed E-state index contributed by atoms with van der Waals surface area (Å²) < 4.78 is 77.3. The van der Waals surface area contributed by atoms with Crippen LogP contribution in [0.25, 0.3) is 0 Å². The van der Waals surface area contributed by atoms with Gasteiger partial charge in [-0.3, -0.25) is 0 Å². The van der Waals surface area contributed by atoms with Gasteiger partial charge in [-0.15, -0.1) is 0 Å². The van der Waals surface area contributed by atoms with Crippen molar-refractivity contribution in [3.8, 4) is 6.07 Å². The molecule has 0 bridgehead atoms. The number of hydrogen-bond donors (Lipinski definition) is 2. The number of nitrogens with zero attached hydrogens (tertiary/aromatic N) is 2. The van der Waals surface area contributed by atoms with Gasteiger partial charge in [0.15, 0.2) is 15.4 Å². The topological polar surface area (TPSA) is 126 Å². The first-order valence-electron chi connectivity index (χ1n) is 8.08.